The summed E-state index contributed by atoms with van der Waals surface area (Å²) in [5.41, 5.74) is 8.77. The average molecular weight is 256 g/mol. The Morgan fingerprint density at radius 2 is 1.68 bits per heavy atom. The Kier molecular flexibility index (Phi) is 2.85. The second-order valence-corrected chi connectivity index (χ2v) is 5.09. The Morgan fingerprint density at radius 3 is 2.42 bits per heavy atom. The molecule has 4 heteroatoms. The number of carbonyl (C=O) groups is 2. The van der Waals surface area contributed by atoms with Gasteiger partial charge in [-0.3, -0.25) is 9.59 Å². The molecule has 0 unspecified atom stereocenters. The smallest absolute Gasteiger partial charge is 0.260 e. The number of nitrogens with zero attached hydrogens (tertiary/aromatic N) is 1. The molecule has 2 aliphatic rings. The van der Waals surface area contributed by atoms with E-state index in [4.69, 9.17) is 5.73 Å². The van der Waals surface area contributed by atoms with E-state index in [9.17, 15) is 9.59 Å². The number of hydrogen-bond donors (Lipinski definition) is 1. The summed E-state index contributed by atoms with van der Waals surface area (Å²) in [5.74, 6) is -0.272. The van der Waals surface area contributed by atoms with Crippen LogP contribution in [0.3, 0.4) is 0 Å². The molecule has 98 valence electrons. The SMILES string of the molecule is Nc1ccc(N2C(=O)CC3=C(CCCC3)C2=O)cc1. The van der Waals surface area contributed by atoms with Crippen LogP contribution in [-0.2, 0) is 9.59 Å². The monoisotopic (exact) mass is 256 g/mol. The lowest BCUT2D eigenvalue weighted by Crippen LogP contribution is -2.42. The fourth-order valence-corrected chi connectivity index (χ4v) is 2.82. The van der Waals surface area contributed by atoms with Gasteiger partial charge in [-0.2, -0.15) is 0 Å². The number of imide groups is 1. The van der Waals surface area contributed by atoms with Crippen molar-refractivity contribution in [3.8, 4) is 0 Å². The van der Waals surface area contributed by atoms with Gasteiger partial charge in [0.1, 0.15) is 0 Å². The molecule has 1 aromatic rings. The summed E-state index contributed by atoms with van der Waals surface area (Å²) in [5, 5.41) is 0. The predicted molar refractivity (Wildman–Crippen MR) is 73.5 cm³/mol. The van der Waals surface area contributed by atoms with Gasteiger partial charge in [0.2, 0.25) is 5.91 Å². The molecule has 0 atom stereocenters. The Morgan fingerprint density at radius 1 is 1.00 bits per heavy atom. The highest BCUT2D eigenvalue weighted by molar-refractivity contribution is 6.24. The first-order valence-electron chi connectivity index (χ1n) is 6.60. The van der Waals surface area contributed by atoms with E-state index in [0.717, 1.165) is 36.8 Å². The van der Waals surface area contributed by atoms with Crippen LogP contribution in [0.25, 0.3) is 0 Å². The van der Waals surface area contributed by atoms with Gasteiger partial charge < -0.3 is 5.73 Å². The summed E-state index contributed by atoms with van der Waals surface area (Å²) in [6.07, 6.45) is 4.19. The van der Waals surface area contributed by atoms with Crippen LogP contribution in [0, 0.1) is 0 Å². The quantitative estimate of drug-likeness (QED) is 0.620. The van der Waals surface area contributed by atoms with E-state index in [2.05, 4.69) is 0 Å². The van der Waals surface area contributed by atoms with Crippen LogP contribution in [0.1, 0.15) is 32.1 Å². The Labute approximate surface area is 111 Å². The first-order valence-corrected chi connectivity index (χ1v) is 6.60. The average Bonchev–Trinajstić information content (AvgIpc) is 2.41. The number of benzene rings is 1. The zero-order valence-electron chi connectivity index (χ0n) is 10.7. The summed E-state index contributed by atoms with van der Waals surface area (Å²) in [7, 11) is 0. The largest absolute Gasteiger partial charge is 0.399 e. The van der Waals surface area contributed by atoms with Crippen LogP contribution < -0.4 is 10.6 Å². The highest BCUT2D eigenvalue weighted by Gasteiger charge is 2.34. The van der Waals surface area contributed by atoms with Crippen molar-refractivity contribution in [2.24, 2.45) is 0 Å². The highest BCUT2D eigenvalue weighted by Crippen LogP contribution is 2.34. The lowest BCUT2D eigenvalue weighted by atomic mass is 9.86. The number of nitrogens with two attached hydrogens (primary N) is 1. The number of hydrogen-bond acceptors (Lipinski definition) is 3. The van der Waals surface area contributed by atoms with Crippen LogP contribution in [-0.4, -0.2) is 11.8 Å². The molecule has 0 fully saturated rings. The fraction of sp³-hybridized carbons (Fsp3) is 0.333. The Bertz CT molecular complexity index is 572. The number of nitrogen functional groups attached to an aromatic ring is 1. The highest BCUT2D eigenvalue weighted by atomic mass is 16.2. The number of anilines is 2. The number of rotatable bonds is 1. The molecule has 19 heavy (non-hydrogen) atoms. The molecule has 0 saturated carbocycles. The lowest BCUT2D eigenvalue weighted by molar-refractivity contribution is -0.125. The standard InChI is InChI=1S/C15H16N2O2/c16-11-5-7-12(8-6-11)17-14(18)9-10-3-1-2-4-13(10)15(17)19/h5-8H,1-4,9,16H2. The Balaban J connectivity index is 1.99. The predicted octanol–water partition coefficient (Wildman–Crippen LogP) is 2.40. The number of amides is 2. The van der Waals surface area contributed by atoms with Gasteiger partial charge in [0.05, 0.1) is 5.69 Å². The fourth-order valence-electron chi connectivity index (χ4n) is 2.82. The summed E-state index contributed by atoms with van der Waals surface area (Å²) >= 11 is 0. The molecule has 2 amide bonds. The topological polar surface area (TPSA) is 63.4 Å². The molecule has 1 aliphatic carbocycles. The molecular weight excluding hydrogens is 240 g/mol. The van der Waals surface area contributed by atoms with Crippen molar-refractivity contribution in [1.29, 1.82) is 0 Å². The van der Waals surface area contributed by atoms with Crippen molar-refractivity contribution >= 4 is 23.2 Å². The second kappa shape index (κ2) is 4.53. The van der Waals surface area contributed by atoms with Crippen LogP contribution in [0.4, 0.5) is 11.4 Å². The first kappa shape index (κ1) is 12.0. The molecule has 0 spiro atoms. The van der Waals surface area contributed by atoms with Crippen molar-refractivity contribution in [3.05, 3.63) is 35.4 Å². The van der Waals surface area contributed by atoms with Crippen LogP contribution in [0.5, 0.6) is 0 Å². The maximum Gasteiger partial charge on any atom is 0.260 e. The molecule has 1 aliphatic heterocycles. The van der Waals surface area contributed by atoms with E-state index in [0.29, 0.717) is 17.8 Å². The van der Waals surface area contributed by atoms with Gasteiger partial charge >= 0.3 is 0 Å². The van der Waals surface area contributed by atoms with Crippen molar-refractivity contribution in [2.45, 2.75) is 32.1 Å². The van der Waals surface area contributed by atoms with E-state index >= 15 is 0 Å². The molecule has 1 aromatic carbocycles. The zero-order valence-corrected chi connectivity index (χ0v) is 10.7. The normalized spacial score (nSPS) is 19.7. The van der Waals surface area contributed by atoms with Gasteiger partial charge in [-0.25, -0.2) is 4.90 Å². The Hall–Kier alpha value is -2.10. The van der Waals surface area contributed by atoms with E-state index in [1.807, 2.05) is 0 Å². The minimum Gasteiger partial charge on any atom is -0.399 e. The summed E-state index contributed by atoms with van der Waals surface area (Å²) in [6, 6.07) is 6.86. The molecule has 0 radical (unpaired) electrons. The van der Waals surface area contributed by atoms with Gasteiger partial charge in [0, 0.05) is 17.7 Å². The van der Waals surface area contributed by atoms with Crippen molar-refractivity contribution in [1.82, 2.24) is 0 Å². The lowest BCUT2D eigenvalue weighted by Gasteiger charge is -2.31. The minimum atomic E-state index is -0.143. The van der Waals surface area contributed by atoms with Crippen LogP contribution >= 0.6 is 0 Å². The summed E-state index contributed by atoms with van der Waals surface area (Å²) in [4.78, 5) is 26.0. The van der Waals surface area contributed by atoms with Gasteiger partial charge in [0.15, 0.2) is 0 Å². The minimum absolute atomic E-state index is 0.129. The van der Waals surface area contributed by atoms with Crippen molar-refractivity contribution < 1.29 is 9.59 Å². The molecular formula is C15H16N2O2. The third kappa shape index (κ3) is 2.03. The molecule has 0 saturated heterocycles. The van der Waals surface area contributed by atoms with Crippen molar-refractivity contribution in [2.75, 3.05) is 10.6 Å². The molecule has 0 bridgehead atoms. The van der Waals surface area contributed by atoms with Crippen LogP contribution in [0.15, 0.2) is 35.4 Å². The van der Waals surface area contributed by atoms with E-state index in [1.54, 1.807) is 24.3 Å². The maximum atomic E-state index is 12.5. The molecule has 1 heterocycles. The molecule has 2 N–H and O–H groups in total. The summed E-state index contributed by atoms with van der Waals surface area (Å²) < 4.78 is 0. The third-order valence-corrected chi connectivity index (χ3v) is 3.81. The first-order chi connectivity index (χ1) is 9.16. The molecule has 0 aromatic heterocycles. The van der Waals surface area contributed by atoms with Gasteiger partial charge in [0.25, 0.3) is 5.91 Å². The van der Waals surface area contributed by atoms with Crippen LogP contribution in [0.2, 0.25) is 0 Å². The number of carbonyl (C=O) groups excluding carboxylic acids is 2. The summed E-state index contributed by atoms with van der Waals surface area (Å²) in [6.45, 7) is 0. The third-order valence-electron chi connectivity index (χ3n) is 3.81. The van der Waals surface area contributed by atoms with Gasteiger partial charge in [-0.15, -0.1) is 0 Å². The zero-order chi connectivity index (χ0) is 13.4. The van der Waals surface area contributed by atoms with Crippen molar-refractivity contribution in [3.63, 3.8) is 0 Å². The molecule has 3 rings (SSSR count). The van der Waals surface area contributed by atoms with E-state index in [1.165, 1.54) is 4.90 Å². The van der Waals surface area contributed by atoms with E-state index in [-0.39, 0.29) is 11.8 Å². The van der Waals surface area contributed by atoms with Gasteiger partial charge in [-0.05, 0) is 49.9 Å². The maximum absolute atomic E-state index is 12.5. The van der Waals surface area contributed by atoms with E-state index < -0.39 is 0 Å². The molecule has 4 nitrogen and oxygen atoms in total. The van der Waals surface area contributed by atoms with Gasteiger partial charge in [-0.1, -0.05) is 5.57 Å². The second-order valence-electron chi connectivity index (χ2n) is 5.09.